The first-order valence-electron chi connectivity index (χ1n) is 6.30. The molecule has 0 heterocycles. The molecule has 2 aromatic carbocycles. The first-order chi connectivity index (χ1) is 9.80. The standard InChI is InChI=1S/C15H15F2NO2S/c1-10(15-11(16)6-5-7-12(15)17)18-13-8-3-4-9-14(13)21(2,19)20/h3-10,18H,1-2H3. The van der Waals surface area contributed by atoms with Gasteiger partial charge in [0.25, 0.3) is 0 Å². The van der Waals surface area contributed by atoms with Crippen molar-refractivity contribution in [2.45, 2.75) is 17.9 Å². The molecule has 6 heteroatoms. The van der Waals surface area contributed by atoms with Crippen LogP contribution in [0.4, 0.5) is 14.5 Å². The summed E-state index contributed by atoms with van der Waals surface area (Å²) in [4.78, 5) is 0.0913. The number of hydrogen-bond donors (Lipinski definition) is 1. The van der Waals surface area contributed by atoms with Crippen molar-refractivity contribution >= 4 is 15.5 Å². The lowest BCUT2D eigenvalue weighted by molar-refractivity contribution is 0.544. The Morgan fingerprint density at radius 2 is 1.57 bits per heavy atom. The highest BCUT2D eigenvalue weighted by Gasteiger charge is 2.19. The van der Waals surface area contributed by atoms with E-state index >= 15 is 0 Å². The topological polar surface area (TPSA) is 46.2 Å². The third kappa shape index (κ3) is 3.39. The maximum absolute atomic E-state index is 13.7. The predicted molar refractivity (Wildman–Crippen MR) is 77.9 cm³/mol. The maximum atomic E-state index is 13.7. The lowest BCUT2D eigenvalue weighted by Gasteiger charge is -2.19. The van der Waals surface area contributed by atoms with Crippen molar-refractivity contribution in [1.29, 1.82) is 0 Å². The lowest BCUT2D eigenvalue weighted by atomic mass is 10.1. The van der Waals surface area contributed by atoms with Gasteiger partial charge in [-0.05, 0) is 31.2 Å². The molecule has 0 fully saturated rings. The van der Waals surface area contributed by atoms with Crippen LogP contribution in [0.2, 0.25) is 0 Å². The van der Waals surface area contributed by atoms with Gasteiger partial charge < -0.3 is 5.32 Å². The SMILES string of the molecule is CC(Nc1ccccc1S(C)(=O)=O)c1c(F)cccc1F. The zero-order valence-corrected chi connectivity index (χ0v) is 12.4. The smallest absolute Gasteiger partial charge is 0.177 e. The van der Waals surface area contributed by atoms with Crippen molar-refractivity contribution in [2.75, 3.05) is 11.6 Å². The third-order valence-electron chi connectivity index (χ3n) is 3.09. The first-order valence-corrected chi connectivity index (χ1v) is 8.19. The zero-order chi connectivity index (χ0) is 15.6. The Balaban J connectivity index is 2.40. The summed E-state index contributed by atoms with van der Waals surface area (Å²) >= 11 is 0. The van der Waals surface area contributed by atoms with E-state index in [1.807, 2.05) is 0 Å². The quantitative estimate of drug-likeness (QED) is 0.939. The first kappa shape index (κ1) is 15.4. The molecule has 21 heavy (non-hydrogen) atoms. The molecule has 0 aliphatic heterocycles. The molecular weight excluding hydrogens is 296 g/mol. The van der Waals surface area contributed by atoms with Gasteiger partial charge in [0, 0.05) is 11.8 Å². The average molecular weight is 311 g/mol. The second-order valence-electron chi connectivity index (χ2n) is 4.77. The monoisotopic (exact) mass is 311 g/mol. The van der Waals surface area contributed by atoms with Gasteiger partial charge >= 0.3 is 0 Å². The minimum atomic E-state index is -3.43. The summed E-state index contributed by atoms with van der Waals surface area (Å²) < 4.78 is 50.9. The van der Waals surface area contributed by atoms with E-state index in [-0.39, 0.29) is 10.5 Å². The van der Waals surface area contributed by atoms with E-state index in [1.165, 1.54) is 24.3 Å². The molecule has 1 N–H and O–H groups in total. The Labute approximate surface area is 122 Å². The zero-order valence-electron chi connectivity index (χ0n) is 11.6. The Bertz CT molecular complexity index is 740. The second kappa shape index (κ2) is 5.81. The normalized spacial score (nSPS) is 13.0. The van der Waals surface area contributed by atoms with Crippen molar-refractivity contribution in [1.82, 2.24) is 0 Å². The fraction of sp³-hybridized carbons (Fsp3) is 0.200. The van der Waals surface area contributed by atoms with Gasteiger partial charge in [0.15, 0.2) is 9.84 Å². The molecule has 0 radical (unpaired) electrons. The number of rotatable bonds is 4. The van der Waals surface area contributed by atoms with Gasteiger partial charge in [-0.1, -0.05) is 18.2 Å². The van der Waals surface area contributed by atoms with Crippen LogP contribution in [0.15, 0.2) is 47.4 Å². The van der Waals surface area contributed by atoms with Crippen molar-refractivity contribution in [3.63, 3.8) is 0 Å². The van der Waals surface area contributed by atoms with Crippen LogP contribution in [-0.4, -0.2) is 14.7 Å². The summed E-state index contributed by atoms with van der Waals surface area (Å²) in [6, 6.07) is 9.16. The summed E-state index contributed by atoms with van der Waals surface area (Å²) in [7, 11) is -3.43. The van der Waals surface area contributed by atoms with Crippen LogP contribution in [-0.2, 0) is 9.84 Å². The van der Waals surface area contributed by atoms with Crippen molar-refractivity contribution in [3.8, 4) is 0 Å². The van der Waals surface area contributed by atoms with Gasteiger partial charge in [0.2, 0.25) is 0 Å². The van der Waals surface area contributed by atoms with Crippen molar-refractivity contribution in [3.05, 3.63) is 59.7 Å². The van der Waals surface area contributed by atoms with Crippen molar-refractivity contribution in [2.24, 2.45) is 0 Å². The summed E-state index contributed by atoms with van der Waals surface area (Å²) in [6.07, 6.45) is 1.09. The average Bonchev–Trinajstić information content (AvgIpc) is 2.37. The second-order valence-corrected chi connectivity index (χ2v) is 6.75. The highest BCUT2D eigenvalue weighted by atomic mass is 32.2. The number of nitrogens with one attached hydrogen (secondary N) is 1. The Hall–Kier alpha value is -1.95. The molecule has 0 aliphatic carbocycles. The number of halogens is 2. The number of para-hydroxylation sites is 1. The maximum Gasteiger partial charge on any atom is 0.177 e. The summed E-state index contributed by atoms with van der Waals surface area (Å²) in [5, 5.41) is 2.86. The van der Waals surface area contributed by atoms with Crippen LogP contribution in [0, 0.1) is 11.6 Å². The Kier molecular flexibility index (Phi) is 4.27. The molecule has 1 atom stereocenters. The van der Waals surface area contributed by atoms with Gasteiger partial charge in [0.1, 0.15) is 11.6 Å². The molecule has 0 aliphatic rings. The molecule has 112 valence electrons. The molecule has 0 amide bonds. The Morgan fingerprint density at radius 3 is 2.14 bits per heavy atom. The highest BCUT2D eigenvalue weighted by molar-refractivity contribution is 7.90. The van der Waals surface area contributed by atoms with E-state index < -0.39 is 27.5 Å². The van der Waals surface area contributed by atoms with E-state index in [4.69, 9.17) is 0 Å². The number of anilines is 1. The molecule has 2 aromatic rings. The minimum Gasteiger partial charge on any atom is -0.377 e. The number of benzene rings is 2. The van der Waals surface area contributed by atoms with Crippen LogP contribution >= 0.6 is 0 Å². The summed E-state index contributed by atoms with van der Waals surface area (Å²) in [5.41, 5.74) is 0.191. The van der Waals surface area contributed by atoms with Gasteiger partial charge in [-0.3, -0.25) is 0 Å². The molecular formula is C15H15F2NO2S. The van der Waals surface area contributed by atoms with Gasteiger partial charge in [-0.15, -0.1) is 0 Å². The molecule has 0 bridgehead atoms. The van der Waals surface area contributed by atoms with Gasteiger partial charge in [-0.2, -0.15) is 0 Å². The van der Waals surface area contributed by atoms with Crippen LogP contribution in [0.3, 0.4) is 0 Å². The van der Waals surface area contributed by atoms with Crippen LogP contribution < -0.4 is 5.32 Å². The van der Waals surface area contributed by atoms with Gasteiger partial charge in [0.05, 0.1) is 16.6 Å². The molecule has 1 unspecified atom stereocenters. The predicted octanol–water partition coefficient (Wildman–Crippen LogP) is 3.54. The van der Waals surface area contributed by atoms with E-state index in [1.54, 1.807) is 25.1 Å². The number of hydrogen-bond acceptors (Lipinski definition) is 3. The van der Waals surface area contributed by atoms with E-state index in [0.29, 0.717) is 5.69 Å². The molecule has 0 saturated carbocycles. The highest BCUT2D eigenvalue weighted by Crippen LogP contribution is 2.28. The van der Waals surface area contributed by atoms with Gasteiger partial charge in [-0.25, -0.2) is 17.2 Å². The number of sulfone groups is 1. The molecule has 0 spiro atoms. The molecule has 0 saturated heterocycles. The summed E-state index contributed by atoms with van der Waals surface area (Å²) in [6.45, 7) is 1.57. The fourth-order valence-electron chi connectivity index (χ4n) is 2.14. The minimum absolute atomic E-state index is 0.0913. The van der Waals surface area contributed by atoms with Crippen LogP contribution in [0.1, 0.15) is 18.5 Å². The van der Waals surface area contributed by atoms with Crippen LogP contribution in [0.25, 0.3) is 0 Å². The van der Waals surface area contributed by atoms with E-state index in [0.717, 1.165) is 6.26 Å². The molecule has 3 nitrogen and oxygen atoms in total. The van der Waals surface area contributed by atoms with Crippen LogP contribution in [0.5, 0.6) is 0 Å². The fourth-order valence-corrected chi connectivity index (χ4v) is 2.99. The van der Waals surface area contributed by atoms with E-state index in [2.05, 4.69) is 5.32 Å². The lowest BCUT2D eigenvalue weighted by Crippen LogP contribution is -2.13. The largest absolute Gasteiger partial charge is 0.377 e. The van der Waals surface area contributed by atoms with E-state index in [9.17, 15) is 17.2 Å². The third-order valence-corrected chi connectivity index (χ3v) is 4.25. The molecule has 2 rings (SSSR count). The summed E-state index contributed by atoms with van der Waals surface area (Å²) in [5.74, 6) is -1.35. The Morgan fingerprint density at radius 1 is 1.00 bits per heavy atom. The van der Waals surface area contributed by atoms with Crippen molar-refractivity contribution < 1.29 is 17.2 Å². The molecule has 0 aromatic heterocycles.